The SMILES string of the molecule is CCCCCCN1C(=O)C2=C(c3ccc(-c4ccc(C)s4)s3)N(CCCCCC)C(=O)C2=C1C. The van der Waals surface area contributed by atoms with Crippen LogP contribution in [-0.2, 0) is 9.59 Å². The fourth-order valence-corrected chi connectivity index (χ4v) is 6.88. The maximum Gasteiger partial charge on any atom is 0.261 e. The lowest BCUT2D eigenvalue weighted by molar-refractivity contribution is -0.124. The number of rotatable bonds is 12. The van der Waals surface area contributed by atoms with Gasteiger partial charge in [-0.15, -0.1) is 22.7 Å². The van der Waals surface area contributed by atoms with Gasteiger partial charge in [0.05, 0.1) is 21.7 Å². The highest BCUT2D eigenvalue weighted by molar-refractivity contribution is 7.22. The van der Waals surface area contributed by atoms with Gasteiger partial charge in [-0.1, -0.05) is 52.4 Å². The van der Waals surface area contributed by atoms with Crippen LogP contribution >= 0.6 is 22.7 Å². The van der Waals surface area contributed by atoms with Gasteiger partial charge in [-0.05, 0) is 51.0 Å². The molecule has 2 aromatic heterocycles. The van der Waals surface area contributed by atoms with E-state index in [1.165, 1.54) is 33.9 Å². The zero-order chi connectivity index (χ0) is 24.2. The maximum absolute atomic E-state index is 13.6. The summed E-state index contributed by atoms with van der Waals surface area (Å²) in [5.74, 6) is 0.00986. The number of thiophene rings is 2. The van der Waals surface area contributed by atoms with Crippen LogP contribution in [0.1, 0.15) is 81.9 Å². The van der Waals surface area contributed by atoms with E-state index in [1.807, 2.05) is 16.7 Å². The van der Waals surface area contributed by atoms with Crippen LogP contribution in [0.15, 0.2) is 41.1 Å². The number of carbonyl (C=O) groups excluding carboxylic acids is 2. The Morgan fingerprint density at radius 1 is 0.647 bits per heavy atom. The number of carbonyl (C=O) groups is 2. The molecule has 2 amide bonds. The molecule has 0 saturated heterocycles. The van der Waals surface area contributed by atoms with E-state index in [4.69, 9.17) is 0 Å². The molecule has 4 nitrogen and oxygen atoms in total. The second-order valence-electron chi connectivity index (χ2n) is 9.29. The van der Waals surface area contributed by atoms with E-state index in [-0.39, 0.29) is 11.8 Å². The van der Waals surface area contributed by atoms with E-state index < -0.39 is 0 Å². The van der Waals surface area contributed by atoms with Crippen molar-refractivity contribution in [2.75, 3.05) is 13.1 Å². The number of fused-ring (bicyclic) bond motifs is 1. The topological polar surface area (TPSA) is 40.6 Å². The minimum Gasteiger partial charge on any atom is -0.312 e. The van der Waals surface area contributed by atoms with Crippen molar-refractivity contribution in [2.24, 2.45) is 0 Å². The lowest BCUT2D eigenvalue weighted by Gasteiger charge is -2.23. The summed E-state index contributed by atoms with van der Waals surface area (Å²) in [5.41, 5.74) is 2.93. The van der Waals surface area contributed by atoms with Gasteiger partial charge in [0.25, 0.3) is 11.8 Å². The van der Waals surface area contributed by atoms with E-state index in [0.717, 1.165) is 48.4 Å². The Labute approximate surface area is 212 Å². The first-order valence-electron chi connectivity index (χ1n) is 12.7. The molecule has 34 heavy (non-hydrogen) atoms. The predicted octanol–water partition coefficient (Wildman–Crippen LogP) is 7.62. The third-order valence-corrected chi connectivity index (χ3v) is 9.02. The van der Waals surface area contributed by atoms with Crippen molar-refractivity contribution < 1.29 is 9.59 Å². The summed E-state index contributed by atoms with van der Waals surface area (Å²) in [6.07, 6.45) is 8.81. The second-order valence-corrected chi connectivity index (χ2v) is 11.7. The molecule has 2 aromatic rings. The number of unbranched alkanes of at least 4 members (excludes halogenated alkanes) is 6. The standard InChI is InChI=1S/C28H36N2O2S2/c1-5-7-9-11-17-29-20(4)24-25(28(29)32)26(30(27(24)31)18-12-10-8-6-2)23-16-15-22(34-23)21-14-13-19(3)33-21/h13-16H,5-12,17-18H2,1-4H3. The normalized spacial score (nSPS) is 16.0. The minimum atomic E-state index is 0.00493. The van der Waals surface area contributed by atoms with Crippen molar-refractivity contribution >= 4 is 40.2 Å². The highest BCUT2D eigenvalue weighted by atomic mass is 32.1. The van der Waals surface area contributed by atoms with Crippen LogP contribution in [-0.4, -0.2) is 34.7 Å². The molecule has 0 saturated carbocycles. The number of allylic oxidation sites excluding steroid dienone is 1. The third-order valence-electron chi connectivity index (χ3n) is 6.73. The average molecular weight is 497 g/mol. The minimum absolute atomic E-state index is 0.00493. The molecule has 0 aromatic carbocycles. The summed E-state index contributed by atoms with van der Waals surface area (Å²) in [6.45, 7) is 9.82. The van der Waals surface area contributed by atoms with Crippen LogP contribution in [0.5, 0.6) is 0 Å². The van der Waals surface area contributed by atoms with Gasteiger partial charge < -0.3 is 9.80 Å². The quantitative estimate of drug-likeness (QED) is 0.284. The molecule has 182 valence electrons. The Bertz CT molecular complexity index is 1120. The van der Waals surface area contributed by atoms with E-state index in [9.17, 15) is 9.59 Å². The Hall–Kier alpha value is -2.18. The molecule has 6 heteroatoms. The molecule has 0 spiro atoms. The number of hydrogen-bond donors (Lipinski definition) is 0. The number of aryl methyl sites for hydroxylation is 1. The molecule has 2 aliphatic heterocycles. The molecule has 0 aliphatic carbocycles. The Morgan fingerprint density at radius 3 is 1.82 bits per heavy atom. The van der Waals surface area contributed by atoms with E-state index in [1.54, 1.807) is 22.7 Å². The zero-order valence-corrected chi connectivity index (χ0v) is 22.5. The van der Waals surface area contributed by atoms with Crippen molar-refractivity contribution in [1.29, 1.82) is 0 Å². The number of amides is 2. The van der Waals surface area contributed by atoms with E-state index in [2.05, 4.69) is 45.0 Å². The third kappa shape index (κ3) is 4.80. The molecular formula is C28H36N2O2S2. The summed E-state index contributed by atoms with van der Waals surface area (Å²) < 4.78 is 0. The molecule has 4 heterocycles. The van der Waals surface area contributed by atoms with Gasteiger partial charge in [-0.25, -0.2) is 0 Å². The van der Waals surface area contributed by atoms with E-state index in [0.29, 0.717) is 24.2 Å². The Balaban J connectivity index is 1.68. The van der Waals surface area contributed by atoms with Crippen LogP contribution in [0.4, 0.5) is 0 Å². The summed E-state index contributed by atoms with van der Waals surface area (Å²) in [4.78, 5) is 35.8. The zero-order valence-electron chi connectivity index (χ0n) is 20.9. The van der Waals surface area contributed by atoms with Crippen LogP contribution < -0.4 is 0 Å². The summed E-state index contributed by atoms with van der Waals surface area (Å²) in [7, 11) is 0. The van der Waals surface area contributed by atoms with Crippen molar-refractivity contribution in [3.63, 3.8) is 0 Å². The molecule has 0 N–H and O–H groups in total. The summed E-state index contributed by atoms with van der Waals surface area (Å²) >= 11 is 3.47. The lowest BCUT2D eigenvalue weighted by atomic mass is 10.1. The molecule has 0 bridgehead atoms. The highest BCUT2D eigenvalue weighted by Crippen LogP contribution is 2.46. The van der Waals surface area contributed by atoms with Crippen LogP contribution in [0.3, 0.4) is 0 Å². The lowest BCUT2D eigenvalue weighted by Crippen LogP contribution is -2.30. The first kappa shape index (κ1) is 24.9. The van der Waals surface area contributed by atoms with Crippen molar-refractivity contribution in [1.82, 2.24) is 9.80 Å². The molecular weight excluding hydrogens is 460 g/mol. The number of nitrogens with zero attached hydrogens (tertiary/aromatic N) is 2. The van der Waals surface area contributed by atoms with Crippen molar-refractivity contribution in [2.45, 2.75) is 79.1 Å². The van der Waals surface area contributed by atoms with Crippen LogP contribution in [0.2, 0.25) is 0 Å². The molecule has 0 unspecified atom stereocenters. The largest absolute Gasteiger partial charge is 0.312 e. The Morgan fingerprint density at radius 2 is 1.21 bits per heavy atom. The molecule has 4 rings (SSSR count). The van der Waals surface area contributed by atoms with Gasteiger partial charge in [0.2, 0.25) is 0 Å². The van der Waals surface area contributed by atoms with Crippen molar-refractivity contribution in [3.05, 3.63) is 50.9 Å². The van der Waals surface area contributed by atoms with Gasteiger partial charge in [0.1, 0.15) is 0 Å². The van der Waals surface area contributed by atoms with E-state index >= 15 is 0 Å². The van der Waals surface area contributed by atoms with Crippen LogP contribution in [0.25, 0.3) is 15.5 Å². The van der Waals surface area contributed by atoms with Gasteiger partial charge in [-0.2, -0.15) is 0 Å². The molecule has 2 aliphatic rings. The monoisotopic (exact) mass is 496 g/mol. The van der Waals surface area contributed by atoms with Gasteiger partial charge in [0, 0.05) is 33.4 Å². The molecule has 0 fully saturated rings. The average Bonchev–Trinajstić information content (AvgIpc) is 3.57. The maximum atomic E-state index is 13.6. The Kier molecular flexibility index (Phi) is 8.10. The summed E-state index contributed by atoms with van der Waals surface area (Å²) in [6, 6.07) is 8.53. The van der Waals surface area contributed by atoms with Gasteiger partial charge >= 0.3 is 0 Å². The predicted molar refractivity (Wildman–Crippen MR) is 144 cm³/mol. The van der Waals surface area contributed by atoms with Crippen molar-refractivity contribution in [3.8, 4) is 9.75 Å². The summed E-state index contributed by atoms with van der Waals surface area (Å²) in [5, 5.41) is 0. The molecule has 0 atom stereocenters. The highest BCUT2D eigenvalue weighted by Gasteiger charge is 2.47. The number of hydrogen-bond acceptors (Lipinski definition) is 4. The fraction of sp³-hybridized carbons (Fsp3) is 0.500. The first-order valence-corrected chi connectivity index (χ1v) is 14.4. The smallest absolute Gasteiger partial charge is 0.261 e. The molecule has 0 radical (unpaired) electrons. The fourth-order valence-electron chi connectivity index (χ4n) is 4.86. The van der Waals surface area contributed by atoms with Gasteiger partial charge in [-0.3, -0.25) is 9.59 Å². The second kappa shape index (κ2) is 11.0. The van der Waals surface area contributed by atoms with Gasteiger partial charge in [0.15, 0.2) is 0 Å². The van der Waals surface area contributed by atoms with Crippen LogP contribution in [0, 0.1) is 6.92 Å². The first-order chi connectivity index (χ1) is 16.5.